The first-order valence-corrected chi connectivity index (χ1v) is 7.30. The van der Waals surface area contributed by atoms with Crippen molar-refractivity contribution in [2.75, 3.05) is 33.2 Å². The maximum absolute atomic E-state index is 12.0. The smallest absolute Gasteiger partial charge is 0.276 e. The summed E-state index contributed by atoms with van der Waals surface area (Å²) < 4.78 is 0. The topological polar surface area (TPSA) is 47.9 Å². The molecule has 1 amide bonds. The molecule has 1 N–H and O–H groups in total. The van der Waals surface area contributed by atoms with Crippen molar-refractivity contribution in [3.63, 3.8) is 0 Å². The molecule has 21 heavy (non-hydrogen) atoms. The molecule has 0 bridgehead atoms. The highest BCUT2D eigenvalue weighted by Gasteiger charge is 2.26. The predicted octanol–water partition coefficient (Wildman–Crippen LogP) is 1.41. The molecule has 1 aromatic rings. The molecular formula is C15H17ClN4O. The van der Waals surface area contributed by atoms with E-state index in [1.165, 1.54) is 0 Å². The number of benzene rings is 1. The van der Waals surface area contributed by atoms with E-state index in [2.05, 4.69) is 27.2 Å². The summed E-state index contributed by atoms with van der Waals surface area (Å²) in [6, 6.07) is 7.33. The van der Waals surface area contributed by atoms with Crippen LogP contribution in [0.2, 0.25) is 5.02 Å². The van der Waals surface area contributed by atoms with Crippen LogP contribution in [-0.4, -0.2) is 54.9 Å². The van der Waals surface area contributed by atoms with Gasteiger partial charge in [-0.15, -0.1) is 0 Å². The lowest BCUT2D eigenvalue weighted by Gasteiger charge is -2.33. The highest BCUT2D eigenvalue weighted by atomic mass is 35.5. The summed E-state index contributed by atoms with van der Waals surface area (Å²) in [5, 5.41) is 3.52. The van der Waals surface area contributed by atoms with Gasteiger partial charge in [0, 0.05) is 31.2 Å². The van der Waals surface area contributed by atoms with E-state index in [0.29, 0.717) is 16.7 Å². The van der Waals surface area contributed by atoms with Crippen LogP contribution in [0.3, 0.4) is 0 Å². The number of halogens is 1. The lowest BCUT2D eigenvalue weighted by Crippen LogP contribution is -2.50. The van der Waals surface area contributed by atoms with Crippen LogP contribution in [0.15, 0.2) is 35.0 Å². The minimum atomic E-state index is -0.154. The van der Waals surface area contributed by atoms with Gasteiger partial charge in [0.2, 0.25) is 5.96 Å². The average Bonchev–Trinajstić information content (AvgIpc) is 2.83. The number of rotatable bonds is 1. The SMILES string of the molecule is CN1CCN(C2=NC(=Cc3ccc(Cl)cc3)C(=O)N2)CC1. The zero-order valence-electron chi connectivity index (χ0n) is 11.8. The van der Waals surface area contributed by atoms with Crippen LogP contribution in [0.4, 0.5) is 0 Å². The first kappa shape index (κ1) is 14.1. The van der Waals surface area contributed by atoms with E-state index in [-0.39, 0.29) is 5.91 Å². The Labute approximate surface area is 128 Å². The van der Waals surface area contributed by atoms with Gasteiger partial charge in [-0.25, -0.2) is 4.99 Å². The number of carbonyl (C=O) groups is 1. The Balaban J connectivity index is 1.77. The Morgan fingerprint density at radius 2 is 1.86 bits per heavy atom. The standard InChI is InChI=1S/C15H17ClN4O/c1-19-6-8-20(9-7-19)15-17-13(14(21)18-15)10-11-2-4-12(16)5-3-11/h2-5,10H,6-9H2,1H3,(H,17,18,21). The molecular weight excluding hydrogens is 288 g/mol. The van der Waals surface area contributed by atoms with Gasteiger partial charge in [0.25, 0.3) is 5.91 Å². The van der Waals surface area contributed by atoms with Crippen LogP contribution in [0, 0.1) is 0 Å². The second-order valence-electron chi connectivity index (χ2n) is 5.26. The Bertz CT molecular complexity index is 601. The molecule has 2 heterocycles. The zero-order chi connectivity index (χ0) is 14.8. The summed E-state index contributed by atoms with van der Waals surface area (Å²) in [6.07, 6.45) is 1.77. The van der Waals surface area contributed by atoms with E-state index in [9.17, 15) is 4.79 Å². The number of hydrogen-bond donors (Lipinski definition) is 1. The summed E-state index contributed by atoms with van der Waals surface area (Å²) in [4.78, 5) is 20.8. The minimum Gasteiger partial charge on any atom is -0.340 e. The summed E-state index contributed by atoms with van der Waals surface area (Å²) in [5.41, 5.74) is 1.35. The van der Waals surface area contributed by atoms with Crippen LogP contribution >= 0.6 is 11.6 Å². The number of nitrogens with one attached hydrogen (secondary N) is 1. The largest absolute Gasteiger partial charge is 0.340 e. The number of carbonyl (C=O) groups excluding carboxylic acids is 1. The molecule has 2 aliphatic rings. The summed E-state index contributed by atoms with van der Waals surface area (Å²) in [5.74, 6) is 0.507. The number of nitrogens with zero attached hydrogens (tertiary/aromatic N) is 3. The summed E-state index contributed by atoms with van der Waals surface area (Å²) in [6.45, 7) is 3.71. The van der Waals surface area contributed by atoms with Crippen molar-refractivity contribution in [3.8, 4) is 0 Å². The van der Waals surface area contributed by atoms with Crippen molar-refractivity contribution in [1.29, 1.82) is 0 Å². The fraction of sp³-hybridized carbons (Fsp3) is 0.333. The number of aliphatic imine (C=N–C) groups is 1. The highest BCUT2D eigenvalue weighted by molar-refractivity contribution is 6.30. The number of hydrogen-bond acceptors (Lipinski definition) is 4. The molecule has 0 spiro atoms. The molecule has 6 heteroatoms. The molecule has 1 aromatic carbocycles. The lowest BCUT2D eigenvalue weighted by molar-refractivity contribution is -0.115. The predicted molar refractivity (Wildman–Crippen MR) is 84.1 cm³/mol. The zero-order valence-corrected chi connectivity index (χ0v) is 12.6. The van der Waals surface area contributed by atoms with Crippen molar-refractivity contribution < 1.29 is 4.79 Å². The Morgan fingerprint density at radius 3 is 2.52 bits per heavy atom. The third-order valence-corrected chi connectivity index (χ3v) is 3.91. The first-order valence-electron chi connectivity index (χ1n) is 6.92. The molecule has 0 aromatic heterocycles. The van der Waals surface area contributed by atoms with Crippen LogP contribution in [0.1, 0.15) is 5.56 Å². The average molecular weight is 305 g/mol. The molecule has 1 saturated heterocycles. The van der Waals surface area contributed by atoms with Crippen LogP contribution in [0.25, 0.3) is 6.08 Å². The molecule has 3 rings (SSSR count). The van der Waals surface area contributed by atoms with Gasteiger partial charge >= 0.3 is 0 Å². The maximum atomic E-state index is 12.0. The van der Waals surface area contributed by atoms with Crippen LogP contribution in [0.5, 0.6) is 0 Å². The molecule has 110 valence electrons. The second kappa shape index (κ2) is 5.87. The number of amides is 1. The van der Waals surface area contributed by atoms with Gasteiger partial charge in [0.05, 0.1) is 0 Å². The molecule has 2 aliphatic heterocycles. The van der Waals surface area contributed by atoms with Gasteiger partial charge in [-0.2, -0.15) is 0 Å². The summed E-state index contributed by atoms with van der Waals surface area (Å²) in [7, 11) is 2.10. The van der Waals surface area contributed by atoms with Crippen molar-refractivity contribution >= 4 is 29.5 Å². The molecule has 0 atom stereocenters. The van der Waals surface area contributed by atoms with Gasteiger partial charge in [-0.05, 0) is 30.8 Å². The van der Waals surface area contributed by atoms with E-state index < -0.39 is 0 Å². The van der Waals surface area contributed by atoms with Crippen LogP contribution < -0.4 is 5.32 Å². The molecule has 0 radical (unpaired) electrons. The van der Waals surface area contributed by atoms with E-state index in [1.54, 1.807) is 18.2 Å². The number of likely N-dealkylation sites (N-methyl/N-ethyl adjacent to an activating group) is 1. The van der Waals surface area contributed by atoms with Crippen molar-refractivity contribution in [2.24, 2.45) is 4.99 Å². The van der Waals surface area contributed by atoms with E-state index in [1.807, 2.05) is 12.1 Å². The maximum Gasteiger partial charge on any atom is 0.276 e. The van der Waals surface area contributed by atoms with E-state index in [4.69, 9.17) is 11.6 Å². The third kappa shape index (κ3) is 3.25. The van der Waals surface area contributed by atoms with E-state index >= 15 is 0 Å². The number of guanidine groups is 1. The van der Waals surface area contributed by atoms with Gasteiger partial charge in [-0.3, -0.25) is 10.1 Å². The minimum absolute atomic E-state index is 0.154. The molecule has 0 aliphatic carbocycles. The summed E-state index contributed by atoms with van der Waals surface area (Å²) >= 11 is 5.86. The molecule has 1 fully saturated rings. The van der Waals surface area contributed by atoms with Gasteiger partial charge in [0.1, 0.15) is 5.70 Å². The van der Waals surface area contributed by atoms with Crippen LogP contribution in [-0.2, 0) is 4.79 Å². The monoisotopic (exact) mass is 304 g/mol. The highest BCUT2D eigenvalue weighted by Crippen LogP contribution is 2.16. The number of piperazine rings is 1. The fourth-order valence-corrected chi connectivity index (χ4v) is 2.47. The Hall–Kier alpha value is -1.85. The fourth-order valence-electron chi connectivity index (χ4n) is 2.34. The van der Waals surface area contributed by atoms with Crippen molar-refractivity contribution in [3.05, 3.63) is 40.5 Å². The third-order valence-electron chi connectivity index (χ3n) is 3.66. The molecule has 0 unspecified atom stereocenters. The second-order valence-corrected chi connectivity index (χ2v) is 5.70. The normalized spacial score (nSPS) is 21.6. The Morgan fingerprint density at radius 1 is 1.19 bits per heavy atom. The lowest BCUT2D eigenvalue weighted by atomic mass is 10.2. The van der Waals surface area contributed by atoms with Crippen molar-refractivity contribution in [1.82, 2.24) is 15.1 Å². The first-order chi connectivity index (χ1) is 10.1. The van der Waals surface area contributed by atoms with Gasteiger partial charge in [0.15, 0.2) is 0 Å². The van der Waals surface area contributed by atoms with Gasteiger partial charge < -0.3 is 9.80 Å². The quantitative estimate of drug-likeness (QED) is 0.798. The molecule has 0 saturated carbocycles. The molecule has 5 nitrogen and oxygen atoms in total. The Kier molecular flexibility index (Phi) is 3.94. The van der Waals surface area contributed by atoms with E-state index in [0.717, 1.165) is 31.7 Å². The van der Waals surface area contributed by atoms with Gasteiger partial charge in [-0.1, -0.05) is 23.7 Å². The van der Waals surface area contributed by atoms with Crippen molar-refractivity contribution in [2.45, 2.75) is 0 Å².